The van der Waals surface area contributed by atoms with Crippen LogP contribution in [0, 0.1) is 12.3 Å². The minimum Gasteiger partial charge on any atom is -0.481 e. The fourth-order valence-corrected chi connectivity index (χ4v) is 3.18. The number of ether oxygens (including phenoxy) is 1. The lowest BCUT2D eigenvalue weighted by Gasteiger charge is -2.33. The lowest BCUT2D eigenvalue weighted by atomic mass is 9.80. The SMILES string of the molecule is Cc1nc(CCCC(=O)NCC2(C(=O)O)CCOCC2)cs1. The number of aliphatic carboxylic acids is 1. The van der Waals surface area contributed by atoms with Crippen LogP contribution in [0.3, 0.4) is 0 Å². The number of carbonyl (C=O) groups is 2. The summed E-state index contributed by atoms with van der Waals surface area (Å²) < 4.78 is 5.22. The molecule has 1 saturated heterocycles. The van der Waals surface area contributed by atoms with E-state index in [1.165, 1.54) is 0 Å². The van der Waals surface area contributed by atoms with Gasteiger partial charge in [0.2, 0.25) is 5.91 Å². The molecule has 1 aliphatic rings. The van der Waals surface area contributed by atoms with Gasteiger partial charge in [-0.2, -0.15) is 0 Å². The number of hydrogen-bond acceptors (Lipinski definition) is 5. The Morgan fingerprint density at radius 1 is 1.45 bits per heavy atom. The van der Waals surface area contributed by atoms with Crippen LogP contribution in [0.5, 0.6) is 0 Å². The Kier molecular flexibility index (Phi) is 5.90. The third-order valence-electron chi connectivity index (χ3n) is 4.03. The zero-order valence-electron chi connectivity index (χ0n) is 12.8. The van der Waals surface area contributed by atoms with Crippen LogP contribution < -0.4 is 5.32 Å². The molecule has 0 radical (unpaired) electrons. The molecule has 122 valence electrons. The van der Waals surface area contributed by atoms with Crippen LogP contribution in [0.15, 0.2) is 5.38 Å². The van der Waals surface area contributed by atoms with Crippen molar-refractivity contribution in [2.24, 2.45) is 5.41 Å². The van der Waals surface area contributed by atoms with Gasteiger partial charge in [0.1, 0.15) is 0 Å². The number of hydrogen-bond donors (Lipinski definition) is 2. The number of aryl methyl sites for hydroxylation is 2. The van der Waals surface area contributed by atoms with Crippen LogP contribution in [-0.4, -0.2) is 41.7 Å². The van der Waals surface area contributed by atoms with Gasteiger partial charge < -0.3 is 15.2 Å². The normalized spacial score (nSPS) is 17.1. The second-order valence-corrected chi connectivity index (χ2v) is 6.75. The Morgan fingerprint density at radius 2 is 2.18 bits per heavy atom. The molecule has 2 heterocycles. The molecule has 0 spiro atoms. The molecule has 6 nitrogen and oxygen atoms in total. The van der Waals surface area contributed by atoms with Crippen molar-refractivity contribution in [3.63, 3.8) is 0 Å². The summed E-state index contributed by atoms with van der Waals surface area (Å²) in [6.07, 6.45) is 2.78. The van der Waals surface area contributed by atoms with E-state index >= 15 is 0 Å². The molecule has 0 aliphatic carbocycles. The number of nitrogens with zero attached hydrogens (tertiary/aromatic N) is 1. The number of amides is 1. The average Bonchev–Trinajstić information content (AvgIpc) is 2.91. The van der Waals surface area contributed by atoms with Crippen LogP contribution in [0.4, 0.5) is 0 Å². The van der Waals surface area contributed by atoms with Crippen LogP contribution in [0.2, 0.25) is 0 Å². The molecule has 0 unspecified atom stereocenters. The van der Waals surface area contributed by atoms with Gasteiger partial charge in [0, 0.05) is 31.6 Å². The first-order valence-electron chi connectivity index (χ1n) is 7.51. The van der Waals surface area contributed by atoms with Gasteiger partial charge in [-0.25, -0.2) is 4.98 Å². The third-order valence-corrected chi connectivity index (χ3v) is 4.85. The fourth-order valence-electron chi connectivity index (χ4n) is 2.54. The van der Waals surface area contributed by atoms with Crippen LogP contribution in [0.25, 0.3) is 0 Å². The highest BCUT2D eigenvalue weighted by molar-refractivity contribution is 7.09. The predicted molar refractivity (Wildman–Crippen MR) is 82.9 cm³/mol. The van der Waals surface area contributed by atoms with Crippen molar-refractivity contribution in [3.8, 4) is 0 Å². The number of rotatable bonds is 7. The Morgan fingerprint density at radius 3 is 2.77 bits per heavy atom. The second-order valence-electron chi connectivity index (χ2n) is 5.69. The van der Waals surface area contributed by atoms with E-state index in [2.05, 4.69) is 10.3 Å². The van der Waals surface area contributed by atoms with E-state index in [0.717, 1.165) is 23.5 Å². The van der Waals surface area contributed by atoms with Gasteiger partial charge >= 0.3 is 5.97 Å². The van der Waals surface area contributed by atoms with Gasteiger partial charge in [-0.1, -0.05) is 0 Å². The maximum Gasteiger partial charge on any atom is 0.311 e. The third kappa shape index (κ3) is 4.51. The summed E-state index contributed by atoms with van der Waals surface area (Å²) in [6, 6.07) is 0. The number of nitrogens with one attached hydrogen (secondary N) is 1. The average molecular weight is 326 g/mol. The van der Waals surface area contributed by atoms with Crippen molar-refractivity contribution in [2.75, 3.05) is 19.8 Å². The molecule has 0 saturated carbocycles. The zero-order valence-corrected chi connectivity index (χ0v) is 13.6. The Labute approximate surface area is 133 Å². The van der Waals surface area contributed by atoms with Gasteiger partial charge in [0.05, 0.1) is 16.1 Å². The quantitative estimate of drug-likeness (QED) is 0.797. The van der Waals surface area contributed by atoms with Crippen molar-refractivity contribution in [3.05, 3.63) is 16.1 Å². The first-order valence-corrected chi connectivity index (χ1v) is 8.39. The molecule has 1 aromatic rings. The van der Waals surface area contributed by atoms with E-state index < -0.39 is 11.4 Å². The number of carbonyl (C=O) groups excluding carboxylic acids is 1. The highest BCUT2D eigenvalue weighted by Gasteiger charge is 2.40. The Bertz CT molecular complexity index is 523. The van der Waals surface area contributed by atoms with E-state index in [-0.39, 0.29) is 12.5 Å². The molecule has 2 N–H and O–H groups in total. The van der Waals surface area contributed by atoms with Crippen LogP contribution >= 0.6 is 11.3 Å². The molecule has 1 aromatic heterocycles. The molecule has 7 heteroatoms. The molecule has 0 aromatic carbocycles. The minimum atomic E-state index is -0.875. The lowest BCUT2D eigenvalue weighted by Crippen LogP contribution is -2.46. The first kappa shape index (κ1) is 16.9. The van der Waals surface area contributed by atoms with E-state index in [1.54, 1.807) is 11.3 Å². The van der Waals surface area contributed by atoms with E-state index in [1.807, 2.05) is 12.3 Å². The monoisotopic (exact) mass is 326 g/mol. The summed E-state index contributed by atoms with van der Waals surface area (Å²) in [6.45, 7) is 3.01. The summed E-state index contributed by atoms with van der Waals surface area (Å²) in [7, 11) is 0. The fraction of sp³-hybridized carbons (Fsp3) is 0.667. The summed E-state index contributed by atoms with van der Waals surface area (Å²) in [5.74, 6) is -0.951. The van der Waals surface area contributed by atoms with Gasteiger partial charge in [0.15, 0.2) is 0 Å². The van der Waals surface area contributed by atoms with Gasteiger partial charge in [-0.15, -0.1) is 11.3 Å². The molecule has 0 atom stereocenters. The van der Waals surface area contributed by atoms with Crippen molar-refractivity contribution in [1.29, 1.82) is 0 Å². The summed E-state index contributed by atoms with van der Waals surface area (Å²) in [5, 5.41) is 15.2. The Balaban J connectivity index is 1.73. The standard InChI is InChI=1S/C15H22N2O4S/c1-11-17-12(9-22-11)3-2-4-13(18)16-10-15(14(19)20)5-7-21-8-6-15/h9H,2-8,10H2,1H3,(H,16,18)(H,19,20). The summed E-state index contributed by atoms with van der Waals surface area (Å²) in [4.78, 5) is 27.7. The van der Waals surface area contributed by atoms with Crippen molar-refractivity contribution >= 4 is 23.2 Å². The zero-order chi connectivity index (χ0) is 16.0. The largest absolute Gasteiger partial charge is 0.481 e. The molecular weight excluding hydrogens is 304 g/mol. The van der Waals surface area contributed by atoms with Gasteiger partial charge in [-0.3, -0.25) is 9.59 Å². The van der Waals surface area contributed by atoms with Crippen molar-refractivity contribution in [1.82, 2.24) is 10.3 Å². The van der Waals surface area contributed by atoms with E-state index in [4.69, 9.17) is 4.74 Å². The van der Waals surface area contributed by atoms with Crippen molar-refractivity contribution in [2.45, 2.75) is 39.0 Å². The van der Waals surface area contributed by atoms with Crippen LogP contribution in [0.1, 0.15) is 36.4 Å². The molecular formula is C15H22N2O4S. The lowest BCUT2D eigenvalue weighted by molar-refractivity contribution is -0.154. The summed E-state index contributed by atoms with van der Waals surface area (Å²) >= 11 is 1.61. The van der Waals surface area contributed by atoms with E-state index in [9.17, 15) is 14.7 Å². The molecule has 1 amide bonds. The summed E-state index contributed by atoms with van der Waals surface area (Å²) in [5.41, 5.74) is 0.140. The van der Waals surface area contributed by atoms with Gasteiger partial charge in [-0.05, 0) is 32.6 Å². The van der Waals surface area contributed by atoms with Crippen LogP contribution in [-0.2, 0) is 20.7 Å². The molecule has 0 bridgehead atoms. The molecule has 1 aliphatic heterocycles. The molecule has 2 rings (SSSR count). The number of carboxylic acids is 1. The highest BCUT2D eigenvalue weighted by atomic mass is 32.1. The second kappa shape index (κ2) is 7.69. The predicted octanol–water partition coefficient (Wildman–Crippen LogP) is 1.77. The Hall–Kier alpha value is -1.47. The number of carboxylic acid groups (broad SMARTS) is 1. The first-order chi connectivity index (χ1) is 10.5. The van der Waals surface area contributed by atoms with E-state index in [0.29, 0.717) is 32.5 Å². The molecule has 1 fully saturated rings. The number of thiazole rings is 1. The topological polar surface area (TPSA) is 88.5 Å². The maximum absolute atomic E-state index is 11.9. The van der Waals surface area contributed by atoms with Gasteiger partial charge in [0.25, 0.3) is 0 Å². The van der Waals surface area contributed by atoms with Crippen molar-refractivity contribution < 1.29 is 19.4 Å². The minimum absolute atomic E-state index is 0.0981. The number of aromatic nitrogens is 1. The smallest absolute Gasteiger partial charge is 0.311 e. The molecule has 22 heavy (non-hydrogen) atoms. The maximum atomic E-state index is 11.9. The highest BCUT2D eigenvalue weighted by Crippen LogP contribution is 2.30.